The van der Waals surface area contributed by atoms with Crippen LogP contribution in [-0.4, -0.2) is 29.9 Å². The Morgan fingerprint density at radius 2 is 2.21 bits per heavy atom. The maximum Gasteiger partial charge on any atom is 0.257 e. The van der Waals surface area contributed by atoms with Gasteiger partial charge in [0.15, 0.2) is 0 Å². The molecule has 1 amide bonds. The minimum absolute atomic E-state index is 0.0546. The Morgan fingerprint density at radius 1 is 1.42 bits per heavy atom. The summed E-state index contributed by atoms with van der Waals surface area (Å²) < 4.78 is 26.5. The van der Waals surface area contributed by atoms with Crippen LogP contribution in [0, 0.1) is 11.6 Å². The van der Waals surface area contributed by atoms with Crippen LogP contribution in [0.4, 0.5) is 8.78 Å². The average molecular weight is 268 g/mol. The molecule has 2 N–H and O–H groups in total. The number of carbonyl (C=O) groups is 1. The summed E-state index contributed by atoms with van der Waals surface area (Å²) in [5, 5.41) is 0. The van der Waals surface area contributed by atoms with Crippen LogP contribution in [0.3, 0.4) is 0 Å². The molecule has 0 radical (unpaired) electrons. The predicted molar refractivity (Wildman–Crippen MR) is 68.7 cm³/mol. The zero-order valence-corrected chi connectivity index (χ0v) is 10.7. The van der Waals surface area contributed by atoms with Crippen LogP contribution in [-0.2, 0) is 0 Å². The molecule has 1 unspecified atom stereocenters. The number of hydrogen-bond acceptors (Lipinski definition) is 2. The molecule has 0 bridgehead atoms. The lowest BCUT2D eigenvalue weighted by Gasteiger charge is -2.24. The van der Waals surface area contributed by atoms with Gasteiger partial charge in [0.2, 0.25) is 0 Å². The van der Waals surface area contributed by atoms with E-state index in [-0.39, 0.29) is 17.5 Å². The van der Waals surface area contributed by atoms with Crippen LogP contribution < -0.4 is 5.73 Å². The number of halogens is 2. The number of nitrogens with two attached hydrogens (primary N) is 1. The fourth-order valence-corrected chi connectivity index (χ4v) is 2.57. The number of likely N-dealkylation sites (tertiary alicyclic amines) is 1. The van der Waals surface area contributed by atoms with E-state index in [9.17, 15) is 13.6 Å². The van der Waals surface area contributed by atoms with Crippen molar-refractivity contribution in [2.75, 3.05) is 13.1 Å². The Morgan fingerprint density at radius 3 is 2.89 bits per heavy atom. The lowest BCUT2D eigenvalue weighted by molar-refractivity contribution is 0.0724. The number of benzene rings is 1. The smallest absolute Gasteiger partial charge is 0.257 e. The molecular weight excluding hydrogens is 250 g/mol. The van der Waals surface area contributed by atoms with Gasteiger partial charge in [0.25, 0.3) is 5.91 Å². The van der Waals surface area contributed by atoms with Gasteiger partial charge in [-0.3, -0.25) is 4.79 Å². The zero-order valence-electron chi connectivity index (χ0n) is 10.7. The van der Waals surface area contributed by atoms with E-state index < -0.39 is 11.6 Å². The first-order chi connectivity index (χ1) is 9.13. The average Bonchev–Trinajstić information content (AvgIpc) is 2.83. The van der Waals surface area contributed by atoms with Crippen molar-refractivity contribution in [3.8, 4) is 0 Å². The number of nitrogens with zero attached hydrogens (tertiary/aromatic N) is 1. The van der Waals surface area contributed by atoms with E-state index in [0.29, 0.717) is 13.1 Å². The van der Waals surface area contributed by atoms with Crippen molar-refractivity contribution in [2.24, 2.45) is 5.73 Å². The molecule has 5 heteroatoms. The lowest BCUT2D eigenvalue weighted by atomic mass is 10.1. The van der Waals surface area contributed by atoms with Gasteiger partial charge >= 0.3 is 0 Å². The van der Waals surface area contributed by atoms with Gasteiger partial charge in [0.1, 0.15) is 11.6 Å². The zero-order chi connectivity index (χ0) is 13.8. The minimum Gasteiger partial charge on any atom is -0.336 e. The molecule has 0 spiro atoms. The SMILES string of the molecule is NCCCC1CCCN1C(=O)c1ccc(F)cc1F. The first-order valence-electron chi connectivity index (χ1n) is 6.59. The van der Waals surface area contributed by atoms with E-state index in [1.807, 2.05) is 0 Å². The van der Waals surface area contributed by atoms with Gasteiger partial charge in [-0.15, -0.1) is 0 Å². The molecule has 0 saturated carbocycles. The predicted octanol–water partition coefficient (Wildman–Crippen LogP) is 2.31. The molecule has 104 valence electrons. The van der Waals surface area contributed by atoms with Gasteiger partial charge in [-0.25, -0.2) is 8.78 Å². The van der Waals surface area contributed by atoms with Crippen LogP contribution in [0.1, 0.15) is 36.0 Å². The molecule has 1 aromatic rings. The number of rotatable bonds is 4. The fourth-order valence-electron chi connectivity index (χ4n) is 2.57. The highest BCUT2D eigenvalue weighted by Crippen LogP contribution is 2.24. The Labute approximate surface area is 111 Å². The third-order valence-electron chi connectivity index (χ3n) is 3.54. The van der Waals surface area contributed by atoms with Gasteiger partial charge in [-0.2, -0.15) is 0 Å². The first-order valence-corrected chi connectivity index (χ1v) is 6.59. The summed E-state index contributed by atoms with van der Waals surface area (Å²) in [6, 6.07) is 3.20. The monoisotopic (exact) mass is 268 g/mol. The van der Waals surface area contributed by atoms with E-state index in [1.165, 1.54) is 6.07 Å². The molecule has 1 atom stereocenters. The fraction of sp³-hybridized carbons (Fsp3) is 0.500. The maximum atomic E-state index is 13.6. The third-order valence-corrected chi connectivity index (χ3v) is 3.54. The van der Waals surface area contributed by atoms with E-state index in [0.717, 1.165) is 37.8 Å². The highest BCUT2D eigenvalue weighted by Gasteiger charge is 2.30. The highest BCUT2D eigenvalue weighted by atomic mass is 19.1. The second-order valence-corrected chi connectivity index (χ2v) is 4.85. The summed E-state index contributed by atoms with van der Waals surface area (Å²) in [4.78, 5) is 14.0. The maximum absolute atomic E-state index is 13.6. The largest absolute Gasteiger partial charge is 0.336 e. The quantitative estimate of drug-likeness (QED) is 0.910. The van der Waals surface area contributed by atoms with Gasteiger partial charge in [-0.1, -0.05) is 0 Å². The molecule has 3 nitrogen and oxygen atoms in total. The Balaban J connectivity index is 2.13. The van der Waals surface area contributed by atoms with Crippen molar-refractivity contribution in [3.05, 3.63) is 35.4 Å². The van der Waals surface area contributed by atoms with Crippen LogP contribution >= 0.6 is 0 Å². The summed E-state index contributed by atoms with van der Waals surface area (Å²) in [5.41, 5.74) is 5.42. The Kier molecular flexibility index (Phi) is 4.47. The molecule has 1 heterocycles. The van der Waals surface area contributed by atoms with Gasteiger partial charge < -0.3 is 10.6 Å². The van der Waals surface area contributed by atoms with Gasteiger partial charge in [0, 0.05) is 18.7 Å². The summed E-state index contributed by atoms with van der Waals surface area (Å²) in [6.45, 7) is 1.22. The molecule has 1 fully saturated rings. The van der Waals surface area contributed by atoms with Crippen LogP contribution in [0.25, 0.3) is 0 Å². The standard InChI is InChI=1S/C14H18F2N2O/c15-10-5-6-12(13(16)9-10)14(19)18-8-2-4-11(18)3-1-7-17/h5-6,9,11H,1-4,7-8,17H2. The van der Waals surface area contributed by atoms with Crippen molar-refractivity contribution in [2.45, 2.75) is 31.7 Å². The molecule has 2 rings (SSSR count). The second kappa shape index (κ2) is 6.10. The summed E-state index contributed by atoms with van der Waals surface area (Å²) >= 11 is 0. The Hall–Kier alpha value is -1.49. The van der Waals surface area contributed by atoms with E-state index in [2.05, 4.69) is 0 Å². The molecule has 1 aliphatic heterocycles. The molecule has 19 heavy (non-hydrogen) atoms. The van der Waals surface area contributed by atoms with Crippen molar-refractivity contribution < 1.29 is 13.6 Å². The molecular formula is C14H18F2N2O. The number of amides is 1. The van der Waals surface area contributed by atoms with Crippen molar-refractivity contribution >= 4 is 5.91 Å². The summed E-state index contributed by atoms with van der Waals surface area (Å²) in [6.07, 6.45) is 3.53. The van der Waals surface area contributed by atoms with Gasteiger partial charge in [0.05, 0.1) is 5.56 Å². The first kappa shape index (κ1) is 13.9. The summed E-state index contributed by atoms with van der Waals surface area (Å²) in [5.74, 6) is -1.82. The van der Waals surface area contributed by atoms with Gasteiger partial charge in [-0.05, 0) is 44.4 Å². The van der Waals surface area contributed by atoms with Crippen LogP contribution in [0.15, 0.2) is 18.2 Å². The van der Waals surface area contributed by atoms with E-state index in [4.69, 9.17) is 5.73 Å². The van der Waals surface area contributed by atoms with E-state index in [1.54, 1.807) is 4.90 Å². The molecule has 1 aliphatic rings. The third kappa shape index (κ3) is 3.10. The normalized spacial score (nSPS) is 18.9. The number of carbonyl (C=O) groups excluding carboxylic acids is 1. The van der Waals surface area contributed by atoms with E-state index >= 15 is 0 Å². The molecule has 1 saturated heterocycles. The van der Waals surface area contributed by atoms with Crippen LogP contribution in [0.2, 0.25) is 0 Å². The lowest BCUT2D eigenvalue weighted by Crippen LogP contribution is -2.36. The molecule has 1 aromatic carbocycles. The minimum atomic E-state index is -0.797. The van der Waals surface area contributed by atoms with Crippen molar-refractivity contribution in [1.82, 2.24) is 4.90 Å². The van der Waals surface area contributed by atoms with Crippen LogP contribution in [0.5, 0.6) is 0 Å². The highest BCUT2D eigenvalue weighted by molar-refractivity contribution is 5.94. The van der Waals surface area contributed by atoms with Crippen molar-refractivity contribution in [3.63, 3.8) is 0 Å². The second-order valence-electron chi connectivity index (χ2n) is 4.85. The topological polar surface area (TPSA) is 46.3 Å². The molecule has 0 aromatic heterocycles. The Bertz CT molecular complexity index is 465. The molecule has 0 aliphatic carbocycles. The summed E-state index contributed by atoms with van der Waals surface area (Å²) in [7, 11) is 0. The van der Waals surface area contributed by atoms with Crippen molar-refractivity contribution in [1.29, 1.82) is 0 Å². The number of hydrogen-bond donors (Lipinski definition) is 1.